The molecule has 6 heteroatoms. The van der Waals surface area contributed by atoms with Crippen LogP contribution in [0, 0.1) is 18.3 Å². The van der Waals surface area contributed by atoms with Gasteiger partial charge in [-0.3, -0.25) is 0 Å². The summed E-state index contributed by atoms with van der Waals surface area (Å²) in [6.07, 6.45) is 2.54. The van der Waals surface area contributed by atoms with Gasteiger partial charge in [0.05, 0.1) is 11.1 Å². The number of pyridine rings is 1. The van der Waals surface area contributed by atoms with Gasteiger partial charge in [-0.2, -0.15) is 5.26 Å². The molecule has 0 aliphatic carbocycles. The molecule has 0 unspecified atom stereocenters. The minimum Gasteiger partial charge on any atom is -0.368 e. The van der Waals surface area contributed by atoms with Crippen LogP contribution in [0.5, 0.6) is 0 Å². The molecule has 0 spiro atoms. The van der Waals surface area contributed by atoms with Gasteiger partial charge in [-0.1, -0.05) is 30.7 Å². The van der Waals surface area contributed by atoms with Crippen LogP contribution >= 0.6 is 0 Å². The molecular weight excluding hydrogens is 384 g/mol. The second-order valence-corrected chi connectivity index (χ2v) is 7.37. The van der Waals surface area contributed by atoms with Gasteiger partial charge in [0.15, 0.2) is 5.82 Å². The van der Waals surface area contributed by atoms with Crippen molar-refractivity contribution in [1.82, 2.24) is 15.0 Å². The monoisotopic (exact) mass is 408 g/mol. The van der Waals surface area contributed by atoms with Gasteiger partial charge >= 0.3 is 0 Å². The Kier molecular flexibility index (Phi) is 6.04. The van der Waals surface area contributed by atoms with Crippen LogP contribution in [0.4, 0.5) is 11.6 Å². The first kappa shape index (κ1) is 20.3. The molecule has 4 rings (SSSR count). The van der Waals surface area contributed by atoms with Crippen LogP contribution in [0.15, 0.2) is 60.8 Å². The number of hydrogen-bond donors (Lipinski definition) is 2. The van der Waals surface area contributed by atoms with Crippen LogP contribution in [-0.4, -0.2) is 28.0 Å². The fourth-order valence-electron chi connectivity index (χ4n) is 3.47. The van der Waals surface area contributed by atoms with Gasteiger partial charge < -0.3 is 10.6 Å². The molecule has 6 nitrogen and oxygen atoms in total. The van der Waals surface area contributed by atoms with Gasteiger partial charge in [-0.05, 0) is 55.3 Å². The molecule has 0 atom stereocenters. The van der Waals surface area contributed by atoms with Crippen molar-refractivity contribution in [3.63, 3.8) is 0 Å². The topological polar surface area (TPSA) is 86.5 Å². The van der Waals surface area contributed by atoms with Crippen LogP contribution in [0.25, 0.3) is 22.3 Å². The van der Waals surface area contributed by atoms with Gasteiger partial charge in [0.2, 0.25) is 0 Å². The maximum atomic E-state index is 8.87. The third kappa shape index (κ3) is 4.78. The van der Waals surface area contributed by atoms with E-state index in [4.69, 9.17) is 15.2 Å². The number of fused-ring (bicyclic) bond motifs is 1. The van der Waals surface area contributed by atoms with E-state index in [1.165, 1.54) is 11.1 Å². The number of para-hydroxylation sites is 1. The van der Waals surface area contributed by atoms with Crippen LogP contribution < -0.4 is 10.6 Å². The predicted molar refractivity (Wildman–Crippen MR) is 125 cm³/mol. The number of nitrogens with one attached hydrogen (secondary N) is 2. The summed E-state index contributed by atoms with van der Waals surface area (Å²) in [4.78, 5) is 13.9. The molecule has 2 aromatic carbocycles. The van der Waals surface area contributed by atoms with E-state index < -0.39 is 0 Å². The van der Waals surface area contributed by atoms with E-state index >= 15 is 0 Å². The highest BCUT2D eigenvalue weighted by Crippen LogP contribution is 2.26. The Bertz CT molecular complexity index is 1240. The number of aryl methyl sites for hydroxylation is 2. The minimum absolute atomic E-state index is 0.547. The summed E-state index contributed by atoms with van der Waals surface area (Å²) in [5.41, 5.74) is 4.98. The molecule has 0 fully saturated rings. The summed E-state index contributed by atoms with van der Waals surface area (Å²) in [5.74, 6) is 2.27. The fraction of sp³-hybridized carbons (Fsp3) is 0.200. The quantitative estimate of drug-likeness (QED) is 0.420. The highest BCUT2D eigenvalue weighted by Gasteiger charge is 2.10. The molecule has 2 heterocycles. The van der Waals surface area contributed by atoms with E-state index in [0.717, 1.165) is 40.3 Å². The van der Waals surface area contributed by atoms with Crippen molar-refractivity contribution < 1.29 is 0 Å². The molecule has 0 aliphatic rings. The lowest BCUT2D eigenvalue weighted by Crippen LogP contribution is -2.15. The third-order valence-corrected chi connectivity index (χ3v) is 5.02. The zero-order valence-corrected chi connectivity index (χ0v) is 17.7. The first-order chi connectivity index (χ1) is 15.2. The molecule has 0 bridgehead atoms. The number of nitrogens with zero attached hydrogens (tertiary/aromatic N) is 4. The highest BCUT2D eigenvalue weighted by atomic mass is 15.1. The number of benzene rings is 2. The van der Waals surface area contributed by atoms with Crippen LogP contribution in [0.3, 0.4) is 0 Å². The summed E-state index contributed by atoms with van der Waals surface area (Å²) in [6, 6.07) is 20.2. The Morgan fingerprint density at radius 1 is 0.968 bits per heavy atom. The summed E-state index contributed by atoms with van der Waals surface area (Å²) in [5, 5.41) is 16.6. The van der Waals surface area contributed by atoms with Gasteiger partial charge in [0, 0.05) is 30.2 Å². The molecule has 2 N–H and O–H groups in total. The number of hydrogen-bond acceptors (Lipinski definition) is 6. The lowest BCUT2D eigenvalue weighted by Gasteiger charge is -2.12. The smallest absolute Gasteiger partial charge is 0.162 e. The molecule has 0 aliphatic heterocycles. The molecule has 0 saturated carbocycles. The van der Waals surface area contributed by atoms with Gasteiger partial charge in [-0.15, -0.1) is 0 Å². The van der Waals surface area contributed by atoms with Crippen LogP contribution in [-0.2, 0) is 6.42 Å². The van der Waals surface area contributed by atoms with Crippen molar-refractivity contribution in [3.05, 3.63) is 77.5 Å². The van der Waals surface area contributed by atoms with Crippen LogP contribution in [0.1, 0.15) is 23.6 Å². The number of rotatable bonds is 7. The Labute approximate surface area is 182 Å². The maximum Gasteiger partial charge on any atom is 0.162 e. The Hall–Kier alpha value is -3.98. The zero-order chi connectivity index (χ0) is 21.6. The SMILES string of the molecule is CCc1cc(C)cc(-c2nc(NCCNc3ccc(C#N)cn3)c3ccccc3n2)c1. The maximum absolute atomic E-state index is 8.87. The van der Waals surface area contributed by atoms with E-state index in [1.807, 2.05) is 24.3 Å². The van der Waals surface area contributed by atoms with Crippen molar-refractivity contribution in [1.29, 1.82) is 5.26 Å². The summed E-state index contributed by atoms with van der Waals surface area (Å²) in [7, 11) is 0. The fourth-order valence-corrected chi connectivity index (χ4v) is 3.47. The molecular formula is C25H24N6. The van der Waals surface area contributed by atoms with E-state index in [-0.39, 0.29) is 0 Å². The standard InChI is InChI=1S/C25H24N6/c1-3-18-12-17(2)13-20(14-18)24-30-22-7-5-4-6-21(22)25(31-24)28-11-10-27-23-9-8-19(15-26)16-29-23/h4-9,12-14,16H,3,10-11H2,1-2H3,(H,27,29)(H,28,30,31). The van der Waals surface area contributed by atoms with E-state index in [1.54, 1.807) is 18.3 Å². The Morgan fingerprint density at radius 3 is 2.58 bits per heavy atom. The third-order valence-electron chi connectivity index (χ3n) is 5.02. The van der Waals surface area contributed by atoms with Gasteiger partial charge in [0.1, 0.15) is 17.7 Å². The lowest BCUT2D eigenvalue weighted by molar-refractivity contribution is 1.04. The lowest BCUT2D eigenvalue weighted by atomic mass is 10.0. The first-order valence-electron chi connectivity index (χ1n) is 10.4. The average Bonchev–Trinajstić information content (AvgIpc) is 2.81. The second-order valence-electron chi connectivity index (χ2n) is 7.37. The summed E-state index contributed by atoms with van der Waals surface area (Å²) < 4.78 is 0. The Balaban J connectivity index is 1.55. The van der Waals surface area contributed by atoms with E-state index in [0.29, 0.717) is 18.7 Å². The number of nitriles is 1. The van der Waals surface area contributed by atoms with Crippen molar-refractivity contribution in [3.8, 4) is 17.5 Å². The molecule has 0 radical (unpaired) electrons. The molecule has 4 aromatic rings. The Morgan fingerprint density at radius 2 is 1.81 bits per heavy atom. The van der Waals surface area contributed by atoms with Crippen molar-refractivity contribution in [2.45, 2.75) is 20.3 Å². The first-order valence-corrected chi connectivity index (χ1v) is 10.4. The van der Waals surface area contributed by atoms with E-state index in [9.17, 15) is 0 Å². The second kappa shape index (κ2) is 9.23. The van der Waals surface area contributed by atoms with Crippen molar-refractivity contribution in [2.75, 3.05) is 23.7 Å². The molecule has 31 heavy (non-hydrogen) atoms. The largest absolute Gasteiger partial charge is 0.368 e. The summed E-state index contributed by atoms with van der Waals surface area (Å²) in [6.45, 7) is 5.58. The normalized spacial score (nSPS) is 10.6. The summed E-state index contributed by atoms with van der Waals surface area (Å²) >= 11 is 0. The highest BCUT2D eigenvalue weighted by molar-refractivity contribution is 5.90. The van der Waals surface area contributed by atoms with Crippen molar-refractivity contribution in [2.24, 2.45) is 0 Å². The minimum atomic E-state index is 0.547. The molecule has 154 valence electrons. The average molecular weight is 409 g/mol. The van der Waals surface area contributed by atoms with Crippen LogP contribution in [0.2, 0.25) is 0 Å². The predicted octanol–water partition coefficient (Wildman–Crippen LogP) is 4.96. The van der Waals surface area contributed by atoms with Gasteiger partial charge in [-0.25, -0.2) is 15.0 Å². The molecule has 0 saturated heterocycles. The van der Waals surface area contributed by atoms with E-state index in [2.05, 4.69) is 53.7 Å². The zero-order valence-electron chi connectivity index (χ0n) is 17.7. The number of anilines is 2. The van der Waals surface area contributed by atoms with Gasteiger partial charge in [0.25, 0.3) is 0 Å². The molecule has 2 aromatic heterocycles. The number of aromatic nitrogens is 3. The van der Waals surface area contributed by atoms with Crippen molar-refractivity contribution >= 4 is 22.5 Å². The molecule has 0 amide bonds.